The Balaban J connectivity index is 2.20. The maximum absolute atomic E-state index is 11.5. The predicted octanol–water partition coefficient (Wildman–Crippen LogP) is 1.43. The minimum atomic E-state index is -0.500. The summed E-state index contributed by atoms with van der Waals surface area (Å²) in [5.41, 5.74) is 1.18. The van der Waals surface area contributed by atoms with Crippen molar-refractivity contribution in [1.29, 1.82) is 0 Å². The van der Waals surface area contributed by atoms with Crippen LogP contribution in [-0.4, -0.2) is 30.9 Å². The third kappa shape index (κ3) is 2.23. The SMILES string of the molecule is O=C(Cl)c1ccc(N2CCOCC2=O)cc1. The van der Waals surface area contributed by atoms with E-state index in [4.69, 9.17) is 16.3 Å². The number of halogens is 1. The zero-order chi connectivity index (χ0) is 11.5. The third-order valence-corrected chi connectivity index (χ3v) is 2.61. The van der Waals surface area contributed by atoms with Crippen molar-refractivity contribution >= 4 is 28.4 Å². The molecule has 0 unspecified atom stereocenters. The molecule has 1 aromatic rings. The van der Waals surface area contributed by atoms with Crippen LogP contribution in [0.4, 0.5) is 5.69 Å². The van der Waals surface area contributed by atoms with E-state index in [0.717, 1.165) is 5.69 Å². The number of ether oxygens (including phenoxy) is 1. The Kier molecular flexibility index (Phi) is 3.22. The lowest BCUT2D eigenvalue weighted by Crippen LogP contribution is -2.41. The largest absolute Gasteiger partial charge is 0.370 e. The molecule has 0 radical (unpaired) electrons. The first-order valence-corrected chi connectivity index (χ1v) is 5.24. The number of benzene rings is 1. The molecule has 1 aliphatic rings. The number of carbonyl (C=O) groups excluding carboxylic acids is 2. The van der Waals surface area contributed by atoms with Gasteiger partial charge in [-0.3, -0.25) is 9.59 Å². The molecule has 5 heteroatoms. The third-order valence-electron chi connectivity index (χ3n) is 2.39. The summed E-state index contributed by atoms with van der Waals surface area (Å²) in [6.45, 7) is 1.17. The summed E-state index contributed by atoms with van der Waals surface area (Å²) < 4.78 is 5.03. The van der Waals surface area contributed by atoms with Crippen LogP contribution in [0.15, 0.2) is 24.3 Å². The maximum Gasteiger partial charge on any atom is 0.253 e. The standard InChI is InChI=1S/C11H10ClNO3/c12-11(15)8-1-3-9(4-2-8)13-5-6-16-7-10(13)14/h1-4H,5-7H2. The molecule has 0 atom stereocenters. The molecule has 1 aromatic carbocycles. The molecule has 0 spiro atoms. The highest BCUT2D eigenvalue weighted by atomic mass is 35.5. The number of hydrogen-bond donors (Lipinski definition) is 0. The van der Waals surface area contributed by atoms with Crippen molar-refractivity contribution in [1.82, 2.24) is 0 Å². The van der Waals surface area contributed by atoms with Crippen molar-refractivity contribution in [2.45, 2.75) is 0 Å². The van der Waals surface area contributed by atoms with Crippen molar-refractivity contribution in [2.75, 3.05) is 24.7 Å². The fourth-order valence-corrected chi connectivity index (χ4v) is 1.69. The molecule has 1 aliphatic heterocycles. The number of amides is 1. The van der Waals surface area contributed by atoms with Crippen molar-refractivity contribution in [3.63, 3.8) is 0 Å². The van der Waals surface area contributed by atoms with Crippen LogP contribution in [0.5, 0.6) is 0 Å². The van der Waals surface area contributed by atoms with Gasteiger partial charge in [-0.2, -0.15) is 0 Å². The Hall–Kier alpha value is -1.39. The van der Waals surface area contributed by atoms with E-state index in [2.05, 4.69) is 0 Å². The second-order valence-electron chi connectivity index (χ2n) is 3.42. The van der Waals surface area contributed by atoms with Crippen molar-refractivity contribution in [3.8, 4) is 0 Å². The second kappa shape index (κ2) is 4.63. The molecule has 0 aliphatic carbocycles. The van der Waals surface area contributed by atoms with Gasteiger partial charge < -0.3 is 9.64 Å². The summed E-state index contributed by atoms with van der Waals surface area (Å²) >= 11 is 5.33. The zero-order valence-electron chi connectivity index (χ0n) is 8.48. The van der Waals surface area contributed by atoms with Gasteiger partial charge in [-0.1, -0.05) is 0 Å². The molecule has 0 aromatic heterocycles. The number of nitrogens with zero attached hydrogens (tertiary/aromatic N) is 1. The molecule has 84 valence electrons. The lowest BCUT2D eigenvalue weighted by molar-refractivity contribution is -0.125. The lowest BCUT2D eigenvalue weighted by atomic mass is 10.2. The average Bonchev–Trinajstić information content (AvgIpc) is 2.30. The van der Waals surface area contributed by atoms with E-state index in [0.29, 0.717) is 18.7 Å². The summed E-state index contributed by atoms with van der Waals surface area (Å²) in [4.78, 5) is 24.0. The first kappa shape index (κ1) is 11.1. The van der Waals surface area contributed by atoms with Gasteiger partial charge in [-0.25, -0.2) is 0 Å². The maximum atomic E-state index is 11.5. The van der Waals surface area contributed by atoms with Crippen molar-refractivity contribution in [3.05, 3.63) is 29.8 Å². The number of hydrogen-bond acceptors (Lipinski definition) is 3. The van der Waals surface area contributed by atoms with Gasteiger partial charge in [0.15, 0.2) is 0 Å². The smallest absolute Gasteiger partial charge is 0.253 e. The topological polar surface area (TPSA) is 46.6 Å². The summed E-state index contributed by atoms with van der Waals surface area (Å²) in [6, 6.07) is 6.62. The molecular formula is C11H10ClNO3. The van der Waals surface area contributed by atoms with Crippen LogP contribution in [0.2, 0.25) is 0 Å². The Morgan fingerprint density at radius 3 is 2.56 bits per heavy atom. The Labute approximate surface area is 97.7 Å². The van der Waals surface area contributed by atoms with Gasteiger partial charge in [0, 0.05) is 17.8 Å². The van der Waals surface area contributed by atoms with Crippen LogP contribution in [0, 0.1) is 0 Å². The fraction of sp³-hybridized carbons (Fsp3) is 0.273. The van der Waals surface area contributed by atoms with Gasteiger partial charge in [0.2, 0.25) is 0 Å². The number of morpholine rings is 1. The Morgan fingerprint density at radius 1 is 1.31 bits per heavy atom. The average molecular weight is 240 g/mol. The molecule has 1 amide bonds. The highest BCUT2D eigenvalue weighted by Gasteiger charge is 2.19. The predicted molar refractivity (Wildman–Crippen MR) is 59.8 cm³/mol. The summed E-state index contributed by atoms with van der Waals surface area (Å²) in [5.74, 6) is -0.0730. The molecule has 1 saturated heterocycles. The number of anilines is 1. The molecule has 1 fully saturated rings. The van der Waals surface area contributed by atoms with Gasteiger partial charge in [0.05, 0.1) is 6.61 Å². The van der Waals surface area contributed by atoms with E-state index in [-0.39, 0.29) is 12.5 Å². The number of carbonyl (C=O) groups is 2. The van der Waals surface area contributed by atoms with Gasteiger partial charge >= 0.3 is 0 Å². The lowest BCUT2D eigenvalue weighted by Gasteiger charge is -2.26. The molecule has 0 saturated carbocycles. The molecule has 0 N–H and O–H groups in total. The van der Waals surface area contributed by atoms with Crippen LogP contribution >= 0.6 is 11.6 Å². The Morgan fingerprint density at radius 2 is 2.00 bits per heavy atom. The molecule has 1 heterocycles. The first-order valence-electron chi connectivity index (χ1n) is 4.86. The highest BCUT2D eigenvalue weighted by molar-refractivity contribution is 6.67. The van der Waals surface area contributed by atoms with Crippen LogP contribution in [0.3, 0.4) is 0 Å². The first-order chi connectivity index (χ1) is 7.68. The van der Waals surface area contributed by atoms with E-state index in [1.807, 2.05) is 0 Å². The highest BCUT2D eigenvalue weighted by Crippen LogP contribution is 2.18. The van der Waals surface area contributed by atoms with Gasteiger partial charge in [0.1, 0.15) is 6.61 Å². The summed E-state index contributed by atoms with van der Waals surface area (Å²) in [7, 11) is 0. The second-order valence-corrected chi connectivity index (χ2v) is 3.76. The number of rotatable bonds is 2. The normalized spacial score (nSPS) is 16.3. The summed E-state index contributed by atoms with van der Waals surface area (Å²) in [6.07, 6.45) is 0. The van der Waals surface area contributed by atoms with Crippen LogP contribution in [0.1, 0.15) is 10.4 Å². The monoisotopic (exact) mass is 239 g/mol. The molecule has 4 nitrogen and oxygen atoms in total. The van der Waals surface area contributed by atoms with E-state index < -0.39 is 5.24 Å². The fourth-order valence-electron chi connectivity index (χ4n) is 1.56. The van der Waals surface area contributed by atoms with E-state index in [1.54, 1.807) is 29.2 Å². The minimum absolute atomic E-state index is 0.0730. The molecule has 0 bridgehead atoms. The van der Waals surface area contributed by atoms with Gasteiger partial charge in [0.25, 0.3) is 11.1 Å². The van der Waals surface area contributed by atoms with Gasteiger partial charge in [-0.05, 0) is 35.9 Å². The van der Waals surface area contributed by atoms with E-state index in [1.165, 1.54) is 0 Å². The van der Waals surface area contributed by atoms with Crippen LogP contribution < -0.4 is 4.90 Å². The zero-order valence-corrected chi connectivity index (χ0v) is 9.24. The summed E-state index contributed by atoms with van der Waals surface area (Å²) in [5, 5.41) is -0.500. The minimum Gasteiger partial charge on any atom is -0.370 e. The van der Waals surface area contributed by atoms with Crippen molar-refractivity contribution < 1.29 is 14.3 Å². The van der Waals surface area contributed by atoms with E-state index >= 15 is 0 Å². The molecule has 16 heavy (non-hydrogen) atoms. The van der Waals surface area contributed by atoms with Gasteiger partial charge in [-0.15, -0.1) is 0 Å². The van der Waals surface area contributed by atoms with Crippen LogP contribution in [0.25, 0.3) is 0 Å². The van der Waals surface area contributed by atoms with E-state index in [9.17, 15) is 9.59 Å². The Bertz CT molecular complexity index is 416. The van der Waals surface area contributed by atoms with Crippen LogP contribution in [-0.2, 0) is 9.53 Å². The molecular weight excluding hydrogens is 230 g/mol. The quantitative estimate of drug-likeness (QED) is 0.734. The molecule has 2 rings (SSSR count). The van der Waals surface area contributed by atoms with Crippen molar-refractivity contribution in [2.24, 2.45) is 0 Å².